The van der Waals surface area contributed by atoms with Gasteiger partial charge in [0, 0.05) is 18.9 Å². The van der Waals surface area contributed by atoms with Crippen molar-refractivity contribution in [1.82, 2.24) is 5.48 Å². The number of hydroxylamine groups is 1. The quantitative estimate of drug-likeness (QED) is 0.761. The molecule has 1 aliphatic heterocycles. The highest BCUT2D eigenvalue weighted by molar-refractivity contribution is 7.90. The third-order valence-corrected chi connectivity index (χ3v) is 3.57. The number of fused-ring (bicyclic) bond motifs is 1. The first-order valence-electron chi connectivity index (χ1n) is 5.02. The fourth-order valence-corrected chi connectivity index (χ4v) is 2.61. The summed E-state index contributed by atoms with van der Waals surface area (Å²) in [6.07, 6.45) is 1.11. The van der Waals surface area contributed by atoms with E-state index in [0.29, 0.717) is 30.3 Å². The molecule has 94 valence electrons. The Balaban J connectivity index is 2.56. The molecule has 0 saturated carbocycles. The Morgan fingerprint density at radius 3 is 2.41 bits per heavy atom. The first-order valence-corrected chi connectivity index (χ1v) is 6.91. The fourth-order valence-electron chi connectivity index (χ4n) is 1.68. The van der Waals surface area contributed by atoms with Crippen LogP contribution in [0.15, 0.2) is 17.0 Å². The molecule has 0 fully saturated rings. The molecule has 0 unspecified atom stereocenters. The highest BCUT2D eigenvalue weighted by Gasteiger charge is 2.20. The van der Waals surface area contributed by atoms with Crippen LogP contribution in [0.2, 0.25) is 0 Å². The summed E-state index contributed by atoms with van der Waals surface area (Å²) >= 11 is 0. The Bertz CT molecular complexity index is 526. The molecule has 0 aromatic heterocycles. The Morgan fingerprint density at radius 2 is 1.88 bits per heavy atom. The second-order valence-electron chi connectivity index (χ2n) is 3.71. The van der Waals surface area contributed by atoms with Gasteiger partial charge in [-0.2, -0.15) is 0 Å². The van der Waals surface area contributed by atoms with Gasteiger partial charge in [-0.1, -0.05) is 0 Å². The summed E-state index contributed by atoms with van der Waals surface area (Å²) < 4.78 is 33.9. The number of ether oxygens (including phenoxy) is 2. The largest absolute Gasteiger partial charge is 0.486 e. The first-order chi connectivity index (χ1) is 8.02. The Hall–Kier alpha value is -1.31. The fraction of sp³-hybridized carbons (Fsp3) is 0.400. The SMILES string of the molecule is CS(=O)(=O)c1cc2c(cc1CNO)OCCO2. The minimum Gasteiger partial charge on any atom is -0.486 e. The van der Waals surface area contributed by atoms with Gasteiger partial charge in [0.05, 0.1) is 4.90 Å². The van der Waals surface area contributed by atoms with Crippen molar-refractivity contribution in [3.63, 3.8) is 0 Å². The smallest absolute Gasteiger partial charge is 0.175 e. The Kier molecular flexibility index (Phi) is 3.23. The van der Waals surface area contributed by atoms with Crippen LogP contribution in [0.25, 0.3) is 0 Å². The van der Waals surface area contributed by atoms with Crippen molar-refractivity contribution in [3.05, 3.63) is 17.7 Å². The standard InChI is InChI=1S/C10H13NO5S/c1-17(13,14)10-5-9-8(15-2-3-16-9)4-7(10)6-11-12/h4-5,11-12H,2-3,6H2,1H3. The highest BCUT2D eigenvalue weighted by Crippen LogP contribution is 2.34. The van der Waals surface area contributed by atoms with Gasteiger partial charge in [0.2, 0.25) is 0 Å². The van der Waals surface area contributed by atoms with Crippen molar-refractivity contribution in [2.75, 3.05) is 19.5 Å². The zero-order valence-corrected chi connectivity index (χ0v) is 10.1. The van der Waals surface area contributed by atoms with E-state index < -0.39 is 9.84 Å². The Labute approximate surface area is 99.0 Å². The van der Waals surface area contributed by atoms with Gasteiger partial charge in [0.15, 0.2) is 21.3 Å². The lowest BCUT2D eigenvalue weighted by molar-refractivity contribution is 0.158. The van der Waals surface area contributed by atoms with E-state index in [4.69, 9.17) is 14.7 Å². The minimum atomic E-state index is -3.38. The van der Waals surface area contributed by atoms with Crippen LogP contribution in [0.5, 0.6) is 11.5 Å². The summed E-state index contributed by atoms with van der Waals surface area (Å²) in [5, 5.41) is 8.70. The lowest BCUT2D eigenvalue weighted by Crippen LogP contribution is -2.18. The number of rotatable bonds is 3. The van der Waals surface area contributed by atoms with Crippen molar-refractivity contribution >= 4 is 9.84 Å². The molecule has 2 N–H and O–H groups in total. The molecule has 0 saturated heterocycles. The minimum absolute atomic E-state index is 0.0268. The van der Waals surface area contributed by atoms with Gasteiger partial charge in [-0.3, -0.25) is 0 Å². The number of hydrogen-bond donors (Lipinski definition) is 2. The molecule has 0 spiro atoms. The lowest BCUT2D eigenvalue weighted by atomic mass is 10.2. The molecule has 0 bridgehead atoms. The summed E-state index contributed by atoms with van der Waals surface area (Å²) in [7, 11) is -3.38. The molecule has 1 heterocycles. The van der Waals surface area contributed by atoms with Crippen molar-refractivity contribution in [2.45, 2.75) is 11.4 Å². The number of nitrogens with one attached hydrogen (secondary N) is 1. The zero-order chi connectivity index (χ0) is 12.5. The first kappa shape index (κ1) is 12.2. The maximum Gasteiger partial charge on any atom is 0.175 e. The highest BCUT2D eigenvalue weighted by atomic mass is 32.2. The molecule has 0 aliphatic carbocycles. The Morgan fingerprint density at radius 1 is 1.29 bits per heavy atom. The molecular formula is C10H13NO5S. The number of sulfone groups is 1. The third kappa shape index (κ3) is 2.51. The molecule has 7 heteroatoms. The molecule has 0 radical (unpaired) electrons. The van der Waals surface area contributed by atoms with E-state index in [9.17, 15) is 8.42 Å². The second-order valence-corrected chi connectivity index (χ2v) is 5.69. The van der Waals surface area contributed by atoms with Crippen LogP contribution in [0.4, 0.5) is 0 Å². The van der Waals surface area contributed by atoms with E-state index in [-0.39, 0.29) is 11.4 Å². The summed E-state index contributed by atoms with van der Waals surface area (Å²) in [4.78, 5) is 0.128. The third-order valence-electron chi connectivity index (χ3n) is 2.39. The summed E-state index contributed by atoms with van der Waals surface area (Å²) in [5.41, 5.74) is 2.39. The molecule has 1 aromatic carbocycles. The lowest BCUT2D eigenvalue weighted by Gasteiger charge is -2.20. The van der Waals surface area contributed by atoms with E-state index in [2.05, 4.69) is 0 Å². The van der Waals surface area contributed by atoms with Gasteiger partial charge in [0.1, 0.15) is 13.2 Å². The molecule has 17 heavy (non-hydrogen) atoms. The molecule has 0 atom stereocenters. The predicted octanol–water partition coefficient (Wildman–Crippen LogP) is 0.340. The molecule has 1 aliphatic rings. The van der Waals surface area contributed by atoms with Crippen molar-refractivity contribution < 1.29 is 23.1 Å². The topological polar surface area (TPSA) is 84.9 Å². The average molecular weight is 259 g/mol. The van der Waals surface area contributed by atoms with E-state index in [1.807, 2.05) is 5.48 Å². The monoisotopic (exact) mass is 259 g/mol. The van der Waals surface area contributed by atoms with Gasteiger partial charge in [-0.05, 0) is 11.6 Å². The molecular weight excluding hydrogens is 246 g/mol. The maximum atomic E-state index is 11.6. The number of hydrogen-bond acceptors (Lipinski definition) is 6. The predicted molar refractivity (Wildman–Crippen MR) is 59.2 cm³/mol. The summed E-state index contributed by atoms with van der Waals surface area (Å²) in [6.45, 7) is 0.851. The van der Waals surface area contributed by atoms with Gasteiger partial charge >= 0.3 is 0 Å². The van der Waals surface area contributed by atoms with Crippen molar-refractivity contribution in [1.29, 1.82) is 0 Å². The van der Waals surface area contributed by atoms with E-state index in [1.54, 1.807) is 6.07 Å². The molecule has 1 aromatic rings. The van der Waals surface area contributed by atoms with Crippen LogP contribution < -0.4 is 15.0 Å². The van der Waals surface area contributed by atoms with Crippen molar-refractivity contribution in [2.24, 2.45) is 0 Å². The van der Waals surface area contributed by atoms with Gasteiger partial charge < -0.3 is 14.7 Å². The zero-order valence-electron chi connectivity index (χ0n) is 9.26. The second kappa shape index (κ2) is 4.52. The van der Waals surface area contributed by atoms with Crippen LogP contribution in [-0.2, 0) is 16.4 Å². The van der Waals surface area contributed by atoms with Crippen LogP contribution >= 0.6 is 0 Å². The molecule has 2 rings (SSSR count). The normalized spacial score (nSPS) is 14.7. The summed E-state index contributed by atoms with van der Waals surface area (Å²) in [6, 6.07) is 2.99. The summed E-state index contributed by atoms with van der Waals surface area (Å²) in [5.74, 6) is 0.910. The van der Waals surface area contributed by atoms with Crippen LogP contribution in [0.1, 0.15) is 5.56 Å². The van der Waals surface area contributed by atoms with Crippen LogP contribution in [-0.4, -0.2) is 33.1 Å². The van der Waals surface area contributed by atoms with Crippen LogP contribution in [0, 0.1) is 0 Å². The van der Waals surface area contributed by atoms with Gasteiger partial charge in [0.25, 0.3) is 0 Å². The van der Waals surface area contributed by atoms with Gasteiger partial charge in [-0.15, -0.1) is 0 Å². The number of benzene rings is 1. The molecule has 0 amide bonds. The van der Waals surface area contributed by atoms with E-state index >= 15 is 0 Å². The van der Waals surface area contributed by atoms with Crippen LogP contribution in [0.3, 0.4) is 0 Å². The van der Waals surface area contributed by atoms with Gasteiger partial charge in [-0.25, -0.2) is 13.9 Å². The van der Waals surface area contributed by atoms with E-state index in [1.165, 1.54) is 6.07 Å². The van der Waals surface area contributed by atoms with E-state index in [0.717, 1.165) is 6.26 Å². The molecule has 6 nitrogen and oxygen atoms in total. The van der Waals surface area contributed by atoms with Crippen molar-refractivity contribution in [3.8, 4) is 11.5 Å². The maximum absolute atomic E-state index is 11.6. The average Bonchev–Trinajstić information content (AvgIpc) is 2.27.